The molecule has 1 heterocycles. The average molecular weight is 236 g/mol. The van der Waals surface area contributed by atoms with E-state index in [-0.39, 0.29) is 5.91 Å². The van der Waals surface area contributed by atoms with Gasteiger partial charge in [-0.15, -0.1) is 0 Å². The maximum atomic E-state index is 11.7. The molecular formula is C12H20N4O. The number of imidazole rings is 1. The van der Waals surface area contributed by atoms with Crippen LogP contribution in [0, 0.1) is 5.41 Å². The maximum Gasteiger partial charge on any atom is 0.241 e. The Morgan fingerprint density at radius 2 is 2.24 bits per heavy atom. The zero-order chi connectivity index (χ0) is 12.5. The zero-order valence-electron chi connectivity index (χ0n) is 10.5. The first-order valence-electron chi connectivity index (χ1n) is 6.08. The number of aryl methyl sites for hydroxylation is 1. The predicted octanol–water partition coefficient (Wildman–Crippen LogP) is 0.778. The molecular weight excluding hydrogens is 216 g/mol. The number of hydrogen-bond donors (Lipinski definition) is 2. The van der Waals surface area contributed by atoms with Crippen LogP contribution in [-0.4, -0.2) is 15.5 Å². The molecule has 5 heteroatoms. The molecule has 0 fully saturated rings. The van der Waals surface area contributed by atoms with Gasteiger partial charge in [-0.3, -0.25) is 10.2 Å². The summed E-state index contributed by atoms with van der Waals surface area (Å²) in [6.07, 6.45) is 6.40. The Bertz CT molecular complexity index is 422. The van der Waals surface area contributed by atoms with Gasteiger partial charge in [0.25, 0.3) is 0 Å². The third-order valence-corrected chi connectivity index (χ3v) is 3.42. The third-order valence-electron chi connectivity index (χ3n) is 3.42. The van der Waals surface area contributed by atoms with Gasteiger partial charge < -0.3 is 4.57 Å². The van der Waals surface area contributed by atoms with Gasteiger partial charge in [-0.05, 0) is 39.5 Å². The summed E-state index contributed by atoms with van der Waals surface area (Å²) in [4.78, 5) is 16.1. The van der Waals surface area contributed by atoms with Gasteiger partial charge in [-0.1, -0.05) is 0 Å². The van der Waals surface area contributed by atoms with Crippen LogP contribution in [0.3, 0.4) is 0 Å². The van der Waals surface area contributed by atoms with E-state index in [4.69, 9.17) is 5.84 Å². The minimum atomic E-state index is -0.513. The van der Waals surface area contributed by atoms with E-state index in [0.717, 1.165) is 12.8 Å². The molecule has 0 unspecified atom stereocenters. The van der Waals surface area contributed by atoms with Crippen molar-refractivity contribution in [1.29, 1.82) is 0 Å². The summed E-state index contributed by atoms with van der Waals surface area (Å²) in [7, 11) is 0. The number of nitrogens with one attached hydrogen (secondary N) is 1. The van der Waals surface area contributed by atoms with E-state index in [9.17, 15) is 4.79 Å². The highest BCUT2D eigenvalue weighted by atomic mass is 16.2. The smallest absolute Gasteiger partial charge is 0.241 e. The van der Waals surface area contributed by atoms with Crippen LogP contribution in [0.5, 0.6) is 0 Å². The average Bonchev–Trinajstić information content (AvgIpc) is 2.71. The number of carbonyl (C=O) groups is 1. The Balaban J connectivity index is 2.19. The first-order valence-corrected chi connectivity index (χ1v) is 6.08. The third kappa shape index (κ3) is 2.34. The van der Waals surface area contributed by atoms with E-state index in [0.29, 0.717) is 6.54 Å². The molecule has 1 amide bonds. The van der Waals surface area contributed by atoms with Crippen molar-refractivity contribution in [1.82, 2.24) is 15.0 Å². The number of carbonyl (C=O) groups excluding carboxylic acids is 1. The molecule has 1 aliphatic carbocycles. The van der Waals surface area contributed by atoms with Crippen LogP contribution in [0.25, 0.3) is 0 Å². The highest BCUT2D eigenvalue weighted by Gasteiger charge is 2.29. The van der Waals surface area contributed by atoms with Gasteiger partial charge in [-0.2, -0.15) is 0 Å². The fourth-order valence-corrected chi connectivity index (χ4v) is 2.36. The summed E-state index contributed by atoms with van der Waals surface area (Å²) >= 11 is 0. The number of aromatic nitrogens is 2. The zero-order valence-corrected chi connectivity index (χ0v) is 10.5. The second-order valence-electron chi connectivity index (χ2n) is 5.33. The number of hydrogen-bond acceptors (Lipinski definition) is 3. The van der Waals surface area contributed by atoms with Crippen LogP contribution >= 0.6 is 0 Å². The van der Waals surface area contributed by atoms with E-state index >= 15 is 0 Å². The van der Waals surface area contributed by atoms with E-state index in [1.807, 2.05) is 20.2 Å². The summed E-state index contributed by atoms with van der Waals surface area (Å²) in [6, 6.07) is 0. The molecule has 0 saturated heterocycles. The quantitative estimate of drug-likeness (QED) is 0.463. The van der Waals surface area contributed by atoms with Crippen molar-refractivity contribution in [2.75, 3.05) is 0 Å². The highest BCUT2D eigenvalue weighted by molar-refractivity contribution is 5.81. The number of nitrogens with two attached hydrogens (primary N) is 1. The van der Waals surface area contributed by atoms with Crippen molar-refractivity contribution in [3.63, 3.8) is 0 Å². The van der Waals surface area contributed by atoms with Gasteiger partial charge in [0.05, 0.1) is 17.4 Å². The lowest BCUT2D eigenvalue weighted by atomic mass is 9.92. The normalized spacial score (nSPS) is 15.5. The number of amides is 1. The summed E-state index contributed by atoms with van der Waals surface area (Å²) in [6.45, 7) is 4.41. The van der Waals surface area contributed by atoms with Gasteiger partial charge in [0.2, 0.25) is 5.91 Å². The number of hydrazine groups is 1. The van der Waals surface area contributed by atoms with Gasteiger partial charge in [-0.25, -0.2) is 10.8 Å². The maximum absolute atomic E-state index is 11.7. The van der Waals surface area contributed by atoms with Gasteiger partial charge >= 0.3 is 0 Å². The van der Waals surface area contributed by atoms with Crippen LogP contribution < -0.4 is 11.3 Å². The molecule has 5 nitrogen and oxygen atoms in total. The largest absolute Gasteiger partial charge is 0.333 e. The van der Waals surface area contributed by atoms with E-state index in [2.05, 4.69) is 15.0 Å². The van der Waals surface area contributed by atoms with Crippen molar-refractivity contribution in [3.05, 3.63) is 17.7 Å². The molecule has 0 spiro atoms. The van der Waals surface area contributed by atoms with Crippen LogP contribution in [0.1, 0.15) is 38.1 Å². The topological polar surface area (TPSA) is 72.9 Å². The Labute approximate surface area is 101 Å². The molecule has 1 aromatic rings. The molecule has 1 aromatic heterocycles. The Morgan fingerprint density at radius 3 is 2.94 bits per heavy atom. The predicted molar refractivity (Wildman–Crippen MR) is 65.0 cm³/mol. The molecule has 0 atom stereocenters. The molecule has 3 N–H and O–H groups in total. The second kappa shape index (κ2) is 4.49. The first kappa shape index (κ1) is 12.1. The number of rotatable bonds is 3. The Kier molecular flexibility index (Phi) is 3.19. The van der Waals surface area contributed by atoms with Gasteiger partial charge in [0.1, 0.15) is 0 Å². The minimum absolute atomic E-state index is 0.143. The van der Waals surface area contributed by atoms with Crippen molar-refractivity contribution < 1.29 is 4.79 Å². The van der Waals surface area contributed by atoms with Crippen molar-refractivity contribution >= 4 is 5.91 Å². The van der Waals surface area contributed by atoms with Gasteiger partial charge in [0.15, 0.2) is 0 Å². The summed E-state index contributed by atoms with van der Waals surface area (Å²) in [5.41, 5.74) is 4.19. The fraction of sp³-hybridized carbons (Fsp3) is 0.667. The van der Waals surface area contributed by atoms with Crippen LogP contribution in [0.4, 0.5) is 0 Å². The fourth-order valence-electron chi connectivity index (χ4n) is 2.36. The Hall–Kier alpha value is -1.36. The SMILES string of the molecule is CC(C)(Cn1cnc2c1CCCC2)C(=O)NN. The molecule has 0 bridgehead atoms. The summed E-state index contributed by atoms with van der Waals surface area (Å²) in [5, 5.41) is 0. The highest BCUT2D eigenvalue weighted by Crippen LogP contribution is 2.24. The van der Waals surface area contributed by atoms with Crippen molar-refractivity contribution in [3.8, 4) is 0 Å². The van der Waals surface area contributed by atoms with Crippen LogP contribution in [-0.2, 0) is 24.2 Å². The molecule has 2 rings (SSSR count). The second-order valence-corrected chi connectivity index (χ2v) is 5.33. The molecule has 17 heavy (non-hydrogen) atoms. The summed E-state index contributed by atoms with van der Waals surface area (Å²) < 4.78 is 2.10. The van der Waals surface area contributed by atoms with E-state index in [1.165, 1.54) is 24.2 Å². The molecule has 0 saturated carbocycles. The number of nitrogens with zero attached hydrogens (tertiary/aromatic N) is 2. The lowest BCUT2D eigenvalue weighted by Crippen LogP contribution is -2.43. The standard InChI is InChI=1S/C12H20N4O/c1-12(2,11(17)15-13)7-16-8-14-9-5-3-4-6-10(9)16/h8H,3-7,13H2,1-2H3,(H,15,17). The summed E-state index contributed by atoms with van der Waals surface area (Å²) in [5.74, 6) is 5.06. The Morgan fingerprint density at radius 1 is 1.53 bits per heavy atom. The van der Waals surface area contributed by atoms with E-state index < -0.39 is 5.41 Å². The van der Waals surface area contributed by atoms with Crippen molar-refractivity contribution in [2.24, 2.45) is 11.3 Å². The van der Waals surface area contributed by atoms with Crippen LogP contribution in [0.15, 0.2) is 6.33 Å². The molecule has 94 valence electrons. The molecule has 0 aromatic carbocycles. The first-order chi connectivity index (χ1) is 8.04. The monoisotopic (exact) mass is 236 g/mol. The molecule has 0 aliphatic heterocycles. The number of fused-ring (bicyclic) bond motifs is 1. The van der Waals surface area contributed by atoms with Crippen LogP contribution in [0.2, 0.25) is 0 Å². The van der Waals surface area contributed by atoms with Crippen molar-refractivity contribution in [2.45, 2.75) is 46.1 Å². The molecule has 1 aliphatic rings. The lowest BCUT2D eigenvalue weighted by molar-refractivity contribution is -0.130. The van der Waals surface area contributed by atoms with Gasteiger partial charge in [0, 0.05) is 12.2 Å². The van der Waals surface area contributed by atoms with E-state index in [1.54, 1.807) is 0 Å². The minimum Gasteiger partial charge on any atom is -0.333 e. The molecule has 0 radical (unpaired) electrons. The lowest BCUT2D eigenvalue weighted by Gasteiger charge is -2.24.